The Morgan fingerprint density at radius 3 is 2.35 bits per heavy atom. The molecule has 0 fully saturated rings. The number of anilines is 1. The van der Waals surface area contributed by atoms with Crippen LogP contribution >= 0.6 is 34.3 Å². The summed E-state index contributed by atoms with van der Waals surface area (Å²) in [6.07, 6.45) is -0.437. The zero-order valence-electron chi connectivity index (χ0n) is 16.5. The fraction of sp³-hybridized carbons (Fsp3) is 0.136. The molecule has 4 rings (SSSR count). The van der Waals surface area contributed by atoms with Crippen LogP contribution in [-0.4, -0.2) is 15.9 Å². The lowest BCUT2D eigenvalue weighted by molar-refractivity contribution is -0.115. The fourth-order valence-corrected chi connectivity index (χ4v) is 5.43. The van der Waals surface area contributed by atoms with E-state index in [0.717, 1.165) is 38.2 Å². The molecule has 2 aromatic heterocycles. The summed E-state index contributed by atoms with van der Waals surface area (Å²) in [5.41, 5.74) is 1.99. The summed E-state index contributed by atoms with van der Waals surface area (Å²) in [5, 5.41) is 4.43. The van der Waals surface area contributed by atoms with Crippen LogP contribution in [-0.2, 0) is 11.2 Å². The van der Waals surface area contributed by atoms with Crippen molar-refractivity contribution in [3.8, 4) is 21.0 Å². The van der Waals surface area contributed by atoms with Gasteiger partial charge >= 0.3 is 0 Å². The second kappa shape index (κ2) is 8.82. The minimum atomic E-state index is -0.762. The number of hydrogen-bond acceptors (Lipinski definition) is 5. The highest BCUT2D eigenvalue weighted by Gasteiger charge is 2.22. The van der Waals surface area contributed by atoms with Crippen LogP contribution in [0.4, 0.5) is 13.9 Å². The number of hydrogen-bond donors (Lipinski definition) is 1. The number of aromatic nitrogens is 2. The van der Waals surface area contributed by atoms with Crippen molar-refractivity contribution in [2.45, 2.75) is 20.3 Å². The molecule has 1 N–H and O–H groups in total. The number of nitrogens with zero attached hydrogens (tertiary/aromatic N) is 2. The molecule has 4 nitrogen and oxygen atoms in total. The maximum Gasteiger partial charge on any atom is 0.230 e. The van der Waals surface area contributed by atoms with Gasteiger partial charge in [-0.25, -0.2) is 18.7 Å². The van der Waals surface area contributed by atoms with Crippen molar-refractivity contribution in [1.82, 2.24) is 9.97 Å². The molecule has 0 atom stereocenters. The molecule has 4 aromatic rings. The first-order valence-electron chi connectivity index (χ1n) is 9.26. The lowest BCUT2D eigenvalue weighted by atomic mass is 10.1. The molecular formula is C22H16ClF2N3OS2. The average Bonchev–Trinajstić information content (AvgIpc) is 3.27. The van der Waals surface area contributed by atoms with Crippen LogP contribution in [0.2, 0.25) is 5.02 Å². The number of amides is 1. The second-order valence-corrected chi connectivity index (χ2v) is 9.36. The Morgan fingerprint density at radius 1 is 1.00 bits per heavy atom. The second-order valence-electron chi connectivity index (χ2n) is 6.75. The zero-order chi connectivity index (χ0) is 22.1. The summed E-state index contributed by atoms with van der Waals surface area (Å²) in [4.78, 5) is 23.2. The molecule has 0 radical (unpaired) electrons. The number of carbonyl (C=O) groups excluding carboxylic acids is 1. The highest BCUT2D eigenvalue weighted by Crippen LogP contribution is 2.44. The number of aryl methyl sites for hydroxylation is 2. The first kappa shape index (κ1) is 21.5. The maximum absolute atomic E-state index is 13.9. The molecule has 0 bridgehead atoms. The Balaban J connectivity index is 1.71. The monoisotopic (exact) mass is 475 g/mol. The van der Waals surface area contributed by atoms with Crippen molar-refractivity contribution in [1.29, 1.82) is 0 Å². The number of rotatable bonds is 5. The van der Waals surface area contributed by atoms with Crippen molar-refractivity contribution in [3.05, 3.63) is 75.4 Å². The van der Waals surface area contributed by atoms with Gasteiger partial charge in [0, 0.05) is 16.1 Å². The number of halogens is 3. The molecule has 2 aromatic carbocycles. The van der Waals surface area contributed by atoms with Gasteiger partial charge in [0.2, 0.25) is 5.91 Å². The van der Waals surface area contributed by atoms with E-state index in [-0.39, 0.29) is 5.56 Å². The number of benzene rings is 2. The van der Waals surface area contributed by atoms with E-state index in [4.69, 9.17) is 11.6 Å². The topological polar surface area (TPSA) is 54.9 Å². The Kier molecular flexibility index (Phi) is 6.13. The Labute approximate surface area is 190 Å². The highest BCUT2D eigenvalue weighted by atomic mass is 35.5. The van der Waals surface area contributed by atoms with Gasteiger partial charge in [0.25, 0.3) is 0 Å². The maximum atomic E-state index is 13.9. The molecule has 0 saturated carbocycles. The summed E-state index contributed by atoms with van der Waals surface area (Å²) in [7, 11) is 0. The summed E-state index contributed by atoms with van der Waals surface area (Å²) >= 11 is 9.17. The molecule has 1 amide bonds. The van der Waals surface area contributed by atoms with Crippen LogP contribution in [0.1, 0.15) is 16.3 Å². The Hall–Kier alpha value is -2.68. The van der Waals surface area contributed by atoms with Crippen LogP contribution in [0.5, 0.6) is 0 Å². The third-order valence-corrected chi connectivity index (χ3v) is 6.92. The van der Waals surface area contributed by atoms with E-state index >= 15 is 0 Å². The molecule has 0 saturated heterocycles. The van der Waals surface area contributed by atoms with Gasteiger partial charge in [-0.3, -0.25) is 4.79 Å². The molecule has 0 spiro atoms. The SMILES string of the molecule is Cc1nc(C)c(-c2nc(NC(=O)Cc3c(F)cccc3F)sc2-c2ccccc2Cl)s1. The first-order chi connectivity index (χ1) is 14.8. The summed E-state index contributed by atoms with van der Waals surface area (Å²) in [6.45, 7) is 3.81. The smallest absolute Gasteiger partial charge is 0.230 e. The van der Waals surface area contributed by atoms with E-state index in [1.54, 1.807) is 6.07 Å². The molecule has 158 valence electrons. The van der Waals surface area contributed by atoms with Gasteiger partial charge < -0.3 is 5.32 Å². The number of carbonyl (C=O) groups is 1. The predicted molar refractivity (Wildman–Crippen MR) is 122 cm³/mol. The Bertz CT molecular complexity index is 1270. The summed E-state index contributed by atoms with van der Waals surface area (Å²) < 4.78 is 27.8. The van der Waals surface area contributed by atoms with Crippen molar-refractivity contribution in [2.75, 3.05) is 5.32 Å². The normalized spacial score (nSPS) is 11.0. The van der Waals surface area contributed by atoms with Gasteiger partial charge in [-0.2, -0.15) is 0 Å². The molecule has 31 heavy (non-hydrogen) atoms. The van der Waals surface area contributed by atoms with Gasteiger partial charge in [-0.15, -0.1) is 11.3 Å². The van der Waals surface area contributed by atoms with Crippen molar-refractivity contribution in [3.63, 3.8) is 0 Å². The number of thiazole rings is 2. The first-order valence-corrected chi connectivity index (χ1v) is 11.3. The van der Waals surface area contributed by atoms with Gasteiger partial charge in [0.15, 0.2) is 5.13 Å². The van der Waals surface area contributed by atoms with Gasteiger partial charge in [0.1, 0.15) is 17.3 Å². The zero-order valence-corrected chi connectivity index (χ0v) is 18.9. The van der Waals surface area contributed by atoms with Crippen LogP contribution < -0.4 is 5.32 Å². The molecule has 0 aliphatic carbocycles. The highest BCUT2D eigenvalue weighted by molar-refractivity contribution is 7.20. The van der Waals surface area contributed by atoms with Crippen LogP contribution in [0, 0.1) is 25.5 Å². The predicted octanol–water partition coefficient (Wildman–Crippen LogP) is 6.66. The molecule has 0 aliphatic heterocycles. The van der Waals surface area contributed by atoms with Crippen molar-refractivity contribution in [2.24, 2.45) is 0 Å². The van der Waals surface area contributed by atoms with E-state index in [1.165, 1.54) is 28.7 Å². The molecule has 0 aliphatic rings. The van der Waals surface area contributed by atoms with Gasteiger partial charge in [-0.1, -0.05) is 47.2 Å². The van der Waals surface area contributed by atoms with Gasteiger partial charge in [-0.05, 0) is 32.0 Å². The molecular weight excluding hydrogens is 460 g/mol. The van der Waals surface area contributed by atoms with Crippen molar-refractivity contribution < 1.29 is 13.6 Å². The fourth-order valence-electron chi connectivity index (χ4n) is 3.13. The van der Waals surface area contributed by atoms with Crippen LogP contribution in [0.25, 0.3) is 21.0 Å². The molecule has 9 heteroatoms. The van der Waals surface area contributed by atoms with E-state index in [2.05, 4.69) is 15.3 Å². The van der Waals surface area contributed by atoms with E-state index in [0.29, 0.717) is 15.8 Å². The number of nitrogens with one attached hydrogen (secondary N) is 1. The average molecular weight is 476 g/mol. The minimum Gasteiger partial charge on any atom is -0.302 e. The minimum absolute atomic E-state index is 0.281. The Morgan fingerprint density at radius 2 is 1.71 bits per heavy atom. The lowest BCUT2D eigenvalue weighted by Crippen LogP contribution is -2.16. The molecule has 0 unspecified atom stereocenters. The van der Waals surface area contributed by atoms with Gasteiger partial charge in [0.05, 0.1) is 26.9 Å². The quantitative estimate of drug-likeness (QED) is 0.351. The van der Waals surface area contributed by atoms with E-state index in [9.17, 15) is 13.6 Å². The van der Waals surface area contributed by atoms with E-state index in [1.807, 2.05) is 32.0 Å². The van der Waals surface area contributed by atoms with Crippen LogP contribution in [0.3, 0.4) is 0 Å². The third kappa shape index (κ3) is 4.51. The lowest BCUT2D eigenvalue weighted by Gasteiger charge is -2.04. The summed E-state index contributed by atoms with van der Waals surface area (Å²) in [6, 6.07) is 10.9. The third-order valence-electron chi connectivity index (χ3n) is 4.51. The largest absolute Gasteiger partial charge is 0.302 e. The summed E-state index contributed by atoms with van der Waals surface area (Å²) in [5.74, 6) is -2.09. The van der Waals surface area contributed by atoms with Crippen LogP contribution in [0.15, 0.2) is 42.5 Å². The van der Waals surface area contributed by atoms with Crippen molar-refractivity contribution >= 4 is 45.3 Å². The standard InChI is InChI=1S/C22H16ClF2N3OS2/c1-11-20(30-12(2)26-11)19-21(13-6-3-4-7-15(13)23)31-22(28-19)27-18(29)10-14-16(24)8-5-9-17(14)25/h3-9H,10H2,1-2H3,(H,27,28,29). The molecule has 2 heterocycles. The van der Waals surface area contributed by atoms with E-state index < -0.39 is 24.0 Å².